The molecule has 2 heterocycles. The average molecular weight is 377 g/mol. The normalized spacial score (nSPS) is 20.3. The van der Waals surface area contributed by atoms with E-state index in [9.17, 15) is 0 Å². The minimum Gasteiger partial charge on any atom is -0.303 e. The van der Waals surface area contributed by atoms with E-state index in [0.29, 0.717) is 12.1 Å². The van der Waals surface area contributed by atoms with Crippen LogP contribution in [0, 0.1) is 0 Å². The van der Waals surface area contributed by atoms with Crippen molar-refractivity contribution >= 4 is 50.2 Å². The van der Waals surface area contributed by atoms with E-state index in [1.54, 1.807) is 11.3 Å². The summed E-state index contributed by atoms with van der Waals surface area (Å²) in [4.78, 5) is 2.85. The minimum absolute atomic E-state index is 0.354. The third kappa shape index (κ3) is 3.08. The summed E-state index contributed by atoms with van der Waals surface area (Å²) >= 11 is 13.2. The van der Waals surface area contributed by atoms with Gasteiger partial charge in [0.25, 0.3) is 0 Å². The van der Waals surface area contributed by atoms with E-state index in [4.69, 9.17) is 11.6 Å². The van der Waals surface area contributed by atoms with Crippen molar-refractivity contribution in [1.82, 2.24) is 5.32 Å². The quantitative estimate of drug-likeness (QED) is 0.697. The summed E-state index contributed by atoms with van der Waals surface area (Å²) in [6.45, 7) is 2.22. The fourth-order valence-corrected chi connectivity index (χ4v) is 5.53. The molecule has 2 aromatic heterocycles. The predicted octanol–water partition coefficient (Wildman–Crippen LogP) is 5.95. The van der Waals surface area contributed by atoms with Crippen LogP contribution in [0.3, 0.4) is 0 Å². The van der Waals surface area contributed by atoms with E-state index in [1.807, 2.05) is 17.4 Å². The molecule has 0 saturated carbocycles. The molecule has 2 unspecified atom stereocenters. The molecule has 0 radical (unpaired) electrons. The van der Waals surface area contributed by atoms with Crippen LogP contribution in [0.15, 0.2) is 22.0 Å². The van der Waals surface area contributed by atoms with Crippen LogP contribution in [-0.2, 0) is 6.42 Å². The van der Waals surface area contributed by atoms with Crippen LogP contribution in [0.5, 0.6) is 0 Å². The number of halogens is 2. The van der Waals surface area contributed by atoms with Crippen LogP contribution < -0.4 is 5.32 Å². The Labute approximate surface area is 135 Å². The average Bonchev–Trinajstić information content (AvgIpc) is 2.95. The van der Waals surface area contributed by atoms with Gasteiger partial charge in [-0.25, -0.2) is 0 Å². The number of aryl methyl sites for hydroxylation is 1. The van der Waals surface area contributed by atoms with Crippen LogP contribution >= 0.6 is 50.2 Å². The van der Waals surface area contributed by atoms with E-state index in [2.05, 4.69) is 40.3 Å². The summed E-state index contributed by atoms with van der Waals surface area (Å²) in [6, 6.07) is 7.21. The van der Waals surface area contributed by atoms with Gasteiger partial charge in [0.05, 0.1) is 8.12 Å². The van der Waals surface area contributed by atoms with E-state index < -0.39 is 0 Å². The molecule has 0 aliphatic heterocycles. The van der Waals surface area contributed by atoms with Crippen molar-refractivity contribution < 1.29 is 0 Å². The van der Waals surface area contributed by atoms with E-state index in [0.717, 1.165) is 4.34 Å². The standard InChI is InChI=1S/C14H15BrClNS2/c1-8(11-5-6-14(16)19-11)17-10-3-2-4-12-9(10)7-13(15)18-12/h5-8,10,17H,2-4H2,1H3. The van der Waals surface area contributed by atoms with Gasteiger partial charge < -0.3 is 5.32 Å². The third-order valence-electron chi connectivity index (χ3n) is 3.56. The molecule has 5 heteroatoms. The smallest absolute Gasteiger partial charge is 0.0931 e. The molecule has 0 saturated heterocycles. The molecule has 102 valence electrons. The van der Waals surface area contributed by atoms with Crippen molar-refractivity contribution in [2.75, 3.05) is 0 Å². The molecule has 1 nitrogen and oxygen atoms in total. The minimum atomic E-state index is 0.354. The lowest BCUT2D eigenvalue weighted by Gasteiger charge is -2.26. The van der Waals surface area contributed by atoms with Gasteiger partial charge in [-0.2, -0.15) is 0 Å². The molecule has 0 amide bonds. The molecule has 1 aliphatic rings. The predicted molar refractivity (Wildman–Crippen MR) is 88.6 cm³/mol. The second-order valence-corrected chi connectivity index (χ2v) is 9.17. The maximum absolute atomic E-state index is 6.02. The first-order valence-corrected chi connectivity index (χ1v) is 9.23. The van der Waals surface area contributed by atoms with E-state index in [1.165, 1.54) is 38.4 Å². The van der Waals surface area contributed by atoms with Gasteiger partial charge in [0.2, 0.25) is 0 Å². The molecule has 0 bridgehead atoms. The van der Waals surface area contributed by atoms with Crippen molar-refractivity contribution in [3.05, 3.63) is 41.6 Å². The summed E-state index contributed by atoms with van der Waals surface area (Å²) in [6.07, 6.45) is 3.72. The maximum atomic E-state index is 6.02. The molecule has 2 atom stereocenters. The van der Waals surface area contributed by atoms with Crippen LogP contribution in [0.2, 0.25) is 4.34 Å². The second kappa shape index (κ2) is 5.86. The zero-order valence-electron chi connectivity index (χ0n) is 10.6. The van der Waals surface area contributed by atoms with Crippen molar-refractivity contribution in [3.63, 3.8) is 0 Å². The van der Waals surface area contributed by atoms with Gasteiger partial charge in [-0.1, -0.05) is 11.6 Å². The first-order chi connectivity index (χ1) is 9.13. The number of hydrogen-bond acceptors (Lipinski definition) is 3. The van der Waals surface area contributed by atoms with Gasteiger partial charge in [-0.05, 0) is 65.9 Å². The molecule has 1 aliphatic carbocycles. The zero-order chi connectivity index (χ0) is 13.4. The third-order valence-corrected chi connectivity index (χ3v) is 6.68. The molecule has 3 rings (SSSR count). The Morgan fingerprint density at radius 2 is 2.26 bits per heavy atom. The lowest BCUT2D eigenvalue weighted by Crippen LogP contribution is -2.26. The number of thiophene rings is 2. The second-order valence-electron chi connectivity index (χ2n) is 4.90. The van der Waals surface area contributed by atoms with Crippen molar-refractivity contribution in [2.24, 2.45) is 0 Å². The van der Waals surface area contributed by atoms with Gasteiger partial charge in [-0.3, -0.25) is 0 Å². The first-order valence-electron chi connectivity index (χ1n) is 6.43. The zero-order valence-corrected chi connectivity index (χ0v) is 14.6. The van der Waals surface area contributed by atoms with Gasteiger partial charge >= 0.3 is 0 Å². The summed E-state index contributed by atoms with van der Waals surface area (Å²) in [5.74, 6) is 0. The molecule has 0 fully saturated rings. The summed E-state index contributed by atoms with van der Waals surface area (Å²) in [5, 5.41) is 3.76. The monoisotopic (exact) mass is 375 g/mol. The Kier molecular flexibility index (Phi) is 4.34. The molecular formula is C14H15BrClNS2. The largest absolute Gasteiger partial charge is 0.303 e. The van der Waals surface area contributed by atoms with Crippen LogP contribution in [-0.4, -0.2) is 0 Å². The molecule has 19 heavy (non-hydrogen) atoms. The molecule has 2 aromatic rings. The van der Waals surface area contributed by atoms with Crippen molar-refractivity contribution in [1.29, 1.82) is 0 Å². The highest BCUT2D eigenvalue weighted by molar-refractivity contribution is 9.11. The Morgan fingerprint density at radius 1 is 1.42 bits per heavy atom. The fraction of sp³-hybridized carbons (Fsp3) is 0.429. The Bertz CT molecular complexity index is 578. The van der Waals surface area contributed by atoms with Gasteiger partial charge in [0, 0.05) is 21.8 Å². The van der Waals surface area contributed by atoms with Gasteiger partial charge in [0.1, 0.15) is 0 Å². The Balaban J connectivity index is 1.77. The van der Waals surface area contributed by atoms with E-state index in [-0.39, 0.29) is 0 Å². The van der Waals surface area contributed by atoms with Crippen LogP contribution in [0.4, 0.5) is 0 Å². The van der Waals surface area contributed by atoms with E-state index >= 15 is 0 Å². The number of nitrogens with one attached hydrogen (secondary N) is 1. The highest BCUT2D eigenvalue weighted by Crippen LogP contribution is 2.39. The lowest BCUT2D eigenvalue weighted by atomic mass is 9.93. The molecule has 1 N–H and O–H groups in total. The van der Waals surface area contributed by atoms with Crippen LogP contribution in [0.1, 0.15) is 47.2 Å². The lowest BCUT2D eigenvalue weighted by molar-refractivity contribution is 0.421. The fourth-order valence-electron chi connectivity index (χ4n) is 2.64. The van der Waals surface area contributed by atoms with Crippen molar-refractivity contribution in [2.45, 2.75) is 38.3 Å². The summed E-state index contributed by atoms with van der Waals surface area (Å²) in [5.41, 5.74) is 1.48. The number of rotatable bonds is 3. The SMILES string of the molecule is CC(NC1CCCc2sc(Br)cc21)c1ccc(Cl)s1. The maximum Gasteiger partial charge on any atom is 0.0931 e. The molecule has 0 aromatic carbocycles. The topological polar surface area (TPSA) is 12.0 Å². The Morgan fingerprint density at radius 3 is 3.00 bits per heavy atom. The van der Waals surface area contributed by atoms with Gasteiger partial charge in [0.15, 0.2) is 0 Å². The van der Waals surface area contributed by atoms with Crippen molar-refractivity contribution in [3.8, 4) is 0 Å². The number of fused-ring (bicyclic) bond motifs is 1. The molecule has 0 spiro atoms. The highest BCUT2D eigenvalue weighted by Gasteiger charge is 2.24. The van der Waals surface area contributed by atoms with Crippen LogP contribution in [0.25, 0.3) is 0 Å². The number of hydrogen-bond donors (Lipinski definition) is 1. The highest BCUT2D eigenvalue weighted by atomic mass is 79.9. The first kappa shape index (κ1) is 14.1. The summed E-state index contributed by atoms with van der Waals surface area (Å²) < 4.78 is 2.12. The Hall–Kier alpha value is 0.130. The van der Waals surface area contributed by atoms with Gasteiger partial charge in [-0.15, -0.1) is 22.7 Å². The summed E-state index contributed by atoms with van der Waals surface area (Å²) in [7, 11) is 0. The molecular weight excluding hydrogens is 362 g/mol.